The lowest BCUT2D eigenvalue weighted by Gasteiger charge is -2.30. The molecule has 1 atom stereocenters. The zero-order chi connectivity index (χ0) is 18.8. The molecule has 0 radical (unpaired) electrons. The van der Waals surface area contributed by atoms with Gasteiger partial charge in [0.1, 0.15) is 0 Å². The second-order valence-electron chi connectivity index (χ2n) is 7.22. The van der Waals surface area contributed by atoms with E-state index in [1.54, 1.807) is 0 Å². The maximum atomic E-state index is 6.48. The van der Waals surface area contributed by atoms with Gasteiger partial charge < -0.3 is 0 Å². The van der Waals surface area contributed by atoms with Gasteiger partial charge in [-0.1, -0.05) is 48.9 Å². The van der Waals surface area contributed by atoms with Crippen LogP contribution in [-0.2, 0) is 6.67 Å². The van der Waals surface area contributed by atoms with Crippen LogP contribution in [0.15, 0.2) is 54.6 Å². The topological polar surface area (TPSA) is 26.0 Å². The number of likely N-dealkylation sites (tertiary alicyclic amines) is 1. The molecule has 140 valence electrons. The van der Waals surface area contributed by atoms with E-state index in [0.29, 0.717) is 22.4 Å². The van der Waals surface area contributed by atoms with Crippen molar-refractivity contribution >= 4 is 23.8 Å². The molecule has 0 saturated carbocycles. The molecule has 0 N–H and O–H groups in total. The Hall–Kier alpha value is -1.95. The number of para-hydroxylation sites is 1. The van der Waals surface area contributed by atoms with Gasteiger partial charge in [0, 0.05) is 17.8 Å². The molecular weight excluding hydrogens is 376 g/mol. The van der Waals surface area contributed by atoms with Crippen molar-refractivity contribution in [1.29, 1.82) is 0 Å². The summed E-state index contributed by atoms with van der Waals surface area (Å²) in [6.45, 7) is 5.19. The Bertz CT molecular complexity index is 979. The summed E-state index contributed by atoms with van der Waals surface area (Å²) in [6.07, 6.45) is 2.52. The van der Waals surface area contributed by atoms with Gasteiger partial charge in [-0.05, 0) is 61.8 Å². The first kappa shape index (κ1) is 18.4. The number of rotatable bonds is 4. The fraction of sp³-hybridized carbons (Fsp3) is 0.333. The van der Waals surface area contributed by atoms with Crippen LogP contribution >= 0.6 is 23.8 Å². The Morgan fingerprint density at radius 2 is 1.85 bits per heavy atom. The van der Waals surface area contributed by atoms with Crippen LogP contribution < -0.4 is 0 Å². The van der Waals surface area contributed by atoms with Crippen LogP contribution in [-0.4, -0.2) is 32.3 Å². The highest BCUT2D eigenvalue weighted by atomic mass is 35.5. The molecule has 0 bridgehead atoms. The summed E-state index contributed by atoms with van der Waals surface area (Å²) in [4.78, 5) is 2.43. The molecular formula is C21H23ClN4S. The molecule has 2 aromatic carbocycles. The van der Waals surface area contributed by atoms with Gasteiger partial charge in [-0.15, -0.1) is 5.10 Å². The quantitative estimate of drug-likeness (QED) is 0.549. The van der Waals surface area contributed by atoms with Crippen LogP contribution in [0.1, 0.15) is 19.8 Å². The largest absolute Gasteiger partial charge is 0.284 e. The van der Waals surface area contributed by atoms with Crippen molar-refractivity contribution in [2.75, 3.05) is 13.1 Å². The number of benzene rings is 2. The minimum atomic E-state index is 0.674. The van der Waals surface area contributed by atoms with Crippen molar-refractivity contribution < 1.29 is 0 Å². The Morgan fingerprint density at radius 3 is 2.59 bits per heavy atom. The Balaban J connectivity index is 1.80. The number of hydrogen-bond donors (Lipinski definition) is 0. The zero-order valence-electron chi connectivity index (χ0n) is 15.4. The number of aromatic nitrogens is 3. The van der Waals surface area contributed by atoms with E-state index in [1.165, 1.54) is 12.8 Å². The Morgan fingerprint density at radius 1 is 1.11 bits per heavy atom. The number of halogens is 1. The van der Waals surface area contributed by atoms with Crippen LogP contribution in [0.2, 0.25) is 5.02 Å². The zero-order valence-corrected chi connectivity index (χ0v) is 17.0. The molecule has 1 aliphatic heterocycles. The van der Waals surface area contributed by atoms with Crippen LogP contribution in [0.25, 0.3) is 17.1 Å². The molecule has 0 spiro atoms. The molecule has 4 rings (SSSR count). The normalized spacial score (nSPS) is 17.9. The fourth-order valence-electron chi connectivity index (χ4n) is 3.73. The molecule has 1 unspecified atom stereocenters. The first-order chi connectivity index (χ1) is 13.1. The summed E-state index contributed by atoms with van der Waals surface area (Å²) < 4.78 is 4.64. The minimum Gasteiger partial charge on any atom is -0.284 e. The molecule has 0 amide bonds. The SMILES string of the molecule is CC1CCCN(Cn2nc(-c3ccccc3Cl)n(-c3ccccc3)c2=S)C1. The highest BCUT2D eigenvalue weighted by molar-refractivity contribution is 7.71. The summed E-state index contributed by atoms with van der Waals surface area (Å²) in [5, 5.41) is 5.56. The molecule has 3 aromatic rings. The predicted molar refractivity (Wildman–Crippen MR) is 113 cm³/mol. The fourth-order valence-corrected chi connectivity index (χ4v) is 4.24. The van der Waals surface area contributed by atoms with Crippen LogP contribution in [0.5, 0.6) is 0 Å². The molecule has 6 heteroatoms. The molecule has 27 heavy (non-hydrogen) atoms. The standard InChI is InChI=1S/C21H23ClN4S/c1-16-8-7-13-24(14-16)15-25-21(27)26(17-9-3-2-4-10-17)20(23-25)18-11-5-6-12-19(18)22/h2-6,9-12,16H,7-8,13-15H2,1H3. The van der Waals surface area contributed by atoms with Crippen LogP contribution in [0.3, 0.4) is 0 Å². The minimum absolute atomic E-state index is 0.674. The number of piperidine rings is 1. The summed E-state index contributed by atoms with van der Waals surface area (Å²) >= 11 is 12.3. The Labute approximate surface area is 170 Å². The molecule has 1 fully saturated rings. The average molecular weight is 399 g/mol. The molecule has 0 aliphatic carbocycles. The first-order valence-corrected chi connectivity index (χ1v) is 10.1. The third-order valence-corrected chi connectivity index (χ3v) is 5.77. The van der Waals surface area contributed by atoms with E-state index in [9.17, 15) is 0 Å². The lowest BCUT2D eigenvalue weighted by molar-refractivity contribution is 0.138. The van der Waals surface area contributed by atoms with E-state index < -0.39 is 0 Å². The molecule has 1 aromatic heterocycles. The summed E-state index contributed by atoms with van der Waals surface area (Å²) in [5.41, 5.74) is 1.88. The number of nitrogens with zero attached hydrogens (tertiary/aromatic N) is 4. The van der Waals surface area contributed by atoms with E-state index in [-0.39, 0.29) is 0 Å². The second-order valence-corrected chi connectivity index (χ2v) is 7.99. The summed E-state index contributed by atoms with van der Waals surface area (Å²) in [7, 11) is 0. The lowest BCUT2D eigenvalue weighted by Crippen LogP contribution is -2.36. The van der Waals surface area contributed by atoms with Crippen LogP contribution in [0, 0.1) is 10.7 Å². The van der Waals surface area contributed by atoms with Crippen molar-refractivity contribution in [3.63, 3.8) is 0 Å². The lowest BCUT2D eigenvalue weighted by atomic mass is 10.0. The smallest absolute Gasteiger partial charge is 0.204 e. The highest BCUT2D eigenvalue weighted by Crippen LogP contribution is 2.29. The van der Waals surface area contributed by atoms with Gasteiger partial charge in [-0.25, -0.2) is 4.68 Å². The maximum Gasteiger partial charge on any atom is 0.204 e. The number of hydrogen-bond acceptors (Lipinski definition) is 3. The molecule has 4 nitrogen and oxygen atoms in total. The van der Waals surface area contributed by atoms with Crippen molar-refractivity contribution in [1.82, 2.24) is 19.2 Å². The van der Waals surface area contributed by atoms with E-state index in [0.717, 1.165) is 30.2 Å². The summed E-state index contributed by atoms with van der Waals surface area (Å²) in [6, 6.07) is 17.9. The van der Waals surface area contributed by atoms with Gasteiger partial charge >= 0.3 is 0 Å². The predicted octanol–water partition coefficient (Wildman–Crippen LogP) is 5.41. The Kier molecular flexibility index (Phi) is 5.43. The first-order valence-electron chi connectivity index (χ1n) is 9.36. The van der Waals surface area contributed by atoms with Crippen molar-refractivity contribution in [2.24, 2.45) is 5.92 Å². The van der Waals surface area contributed by atoms with Crippen molar-refractivity contribution in [2.45, 2.75) is 26.4 Å². The van der Waals surface area contributed by atoms with E-state index in [1.807, 2.05) is 63.8 Å². The van der Waals surface area contributed by atoms with Crippen molar-refractivity contribution in [3.8, 4) is 17.1 Å². The maximum absolute atomic E-state index is 6.48. The van der Waals surface area contributed by atoms with Gasteiger partial charge in [0.25, 0.3) is 0 Å². The van der Waals surface area contributed by atoms with Crippen molar-refractivity contribution in [3.05, 3.63) is 64.4 Å². The van der Waals surface area contributed by atoms with E-state index in [2.05, 4.69) is 11.8 Å². The second kappa shape index (κ2) is 7.97. The summed E-state index contributed by atoms with van der Waals surface area (Å²) in [5.74, 6) is 1.49. The highest BCUT2D eigenvalue weighted by Gasteiger charge is 2.20. The molecule has 1 saturated heterocycles. The third kappa shape index (κ3) is 3.86. The average Bonchev–Trinajstić information content (AvgIpc) is 2.99. The van der Waals surface area contributed by atoms with E-state index >= 15 is 0 Å². The molecule has 1 aliphatic rings. The van der Waals surface area contributed by atoms with Gasteiger partial charge in [-0.3, -0.25) is 9.47 Å². The molecule has 2 heterocycles. The van der Waals surface area contributed by atoms with Gasteiger partial charge in [-0.2, -0.15) is 0 Å². The van der Waals surface area contributed by atoms with Gasteiger partial charge in [0.05, 0.1) is 11.7 Å². The third-order valence-electron chi connectivity index (χ3n) is 5.04. The van der Waals surface area contributed by atoms with Gasteiger partial charge in [0.2, 0.25) is 4.77 Å². The van der Waals surface area contributed by atoms with E-state index in [4.69, 9.17) is 28.9 Å². The van der Waals surface area contributed by atoms with Crippen LogP contribution in [0.4, 0.5) is 0 Å². The monoisotopic (exact) mass is 398 g/mol. The van der Waals surface area contributed by atoms with Gasteiger partial charge in [0.15, 0.2) is 5.82 Å².